The molecule has 1 aromatic carbocycles. The Labute approximate surface area is 132 Å². The molecule has 0 bridgehead atoms. The largest absolute Gasteiger partial charge is 0.364 e. The molecule has 7 heteroatoms. The predicted molar refractivity (Wildman–Crippen MR) is 85.2 cm³/mol. The van der Waals surface area contributed by atoms with Crippen molar-refractivity contribution in [1.82, 2.24) is 19.6 Å². The first-order chi connectivity index (χ1) is 11.0. The van der Waals surface area contributed by atoms with Crippen LogP contribution in [0.1, 0.15) is 28.5 Å². The van der Waals surface area contributed by atoms with Crippen LogP contribution in [0.4, 0.5) is 0 Å². The van der Waals surface area contributed by atoms with E-state index < -0.39 is 0 Å². The van der Waals surface area contributed by atoms with E-state index in [0.717, 1.165) is 23.2 Å². The fourth-order valence-corrected chi connectivity index (χ4v) is 2.62. The second-order valence-electron chi connectivity index (χ2n) is 5.52. The number of rotatable bonds is 4. The van der Waals surface area contributed by atoms with Gasteiger partial charge < -0.3 is 14.4 Å². The molecule has 0 unspecified atom stereocenters. The maximum Gasteiger partial charge on any atom is 0.326 e. The number of nitrogens with one attached hydrogen (secondary N) is 1. The van der Waals surface area contributed by atoms with E-state index in [9.17, 15) is 9.59 Å². The van der Waals surface area contributed by atoms with Crippen LogP contribution in [0.2, 0.25) is 0 Å². The lowest BCUT2D eigenvalue weighted by molar-refractivity contribution is 0.0785. The first-order valence-corrected chi connectivity index (χ1v) is 7.37. The Morgan fingerprint density at radius 3 is 2.96 bits per heavy atom. The second-order valence-corrected chi connectivity index (χ2v) is 5.52. The highest BCUT2D eigenvalue weighted by Crippen LogP contribution is 2.16. The smallest absolute Gasteiger partial charge is 0.326 e. The molecule has 0 fully saturated rings. The summed E-state index contributed by atoms with van der Waals surface area (Å²) in [6.45, 7) is 2.41. The minimum Gasteiger partial charge on any atom is -0.364 e. The molecule has 3 aromatic rings. The zero-order chi connectivity index (χ0) is 16.6. The van der Waals surface area contributed by atoms with Gasteiger partial charge in [0.1, 0.15) is 6.26 Å². The molecule has 0 radical (unpaired) electrons. The van der Waals surface area contributed by atoms with Gasteiger partial charge in [0.25, 0.3) is 5.91 Å². The van der Waals surface area contributed by atoms with Crippen LogP contribution >= 0.6 is 0 Å². The Morgan fingerprint density at radius 1 is 1.43 bits per heavy atom. The Hall–Kier alpha value is -2.83. The number of aryl methyl sites for hydroxylation is 2. The number of fused-ring (bicyclic) bond motifs is 1. The summed E-state index contributed by atoms with van der Waals surface area (Å²) in [4.78, 5) is 28.6. The van der Waals surface area contributed by atoms with Crippen LogP contribution in [0, 0.1) is 0 Å². The van der Waals surface area contributed by atoms with Gasteiger partial charge in [0.05, 0.1) is 23.3 Å². The van der Waals surface area contributed by atoms with Gasteiger partial charge in [-0.15, -0.1) is 0 Å². The highest BCUT2D eigenvalue weighted by molar-refractivity contribution is 5.97. The first-order valence-electron chi connectivity index (χ1n) is 7.37. The monoisotopic (exact) mass is 314 g/mol. The molecule has 120 valence electrons. The molecule has 23 heavy (non-hydrogen) atoms. The Balaban J connectivity index is 1.86. The summed E-state index contributed by atoms with van der Waals surface area (Å²) in [5, 5.41) is 3.92. The van der Waals surface area contributed by atoms with Gasteiger partial charge in [0, 0.05) is 25.2 Å². The Bertz CT molecular complexity index is 919. The number of hydrogen-bond donors (Lipinski definition) is 1. The molecule has 0 saturated carbocycles. The molecule has 3 rings (SSSR count). The highest BCUT2D eigenvalue weighted by Gasteiger charge is 2.16. The maximum atomic E-state index is 12.6. The lowest BCUT2D eigenvalue weighted by Gasteiger charge is -2.16. The summed E-state index contributed by atoms with van der Waals surface area (Å²) in [5.41, 5.74) is 3.49. The van der Waals surface area contributed by atoms with Crippen LogP contribution in [0.15, 0.2) is 33.8 Å². The minimum atomic E-state index is -0.199. The van der Waals surface area contributed by atoms with Gasteiger partial charge in [-0.2, -0.15) is 0 Å². The van der Waals surface area contributed by atoms with E-state index in [1.807, 2.05) is 6.92 Å². The van der Waals surface area contributed by atoms with E-state index in [-0.39, 0.29) is 11.6 Å². The molecule has 0 saturated heterocycles. The van der Waals surface area contributed by atoms with Crippen LogP contribution in [-0.2, 0) is 20.0 Å². The third-order valence-corrected chi connectivity index (χ3v) is 3.97. The van der Waals surface area contributed by atoms with Crippen molar-refractivity contribution in [2.75, 3.05) is 7.05 Å². The molecule has 2 heterocycles. The SMILES string of the molecule is CCc1nocc1CN(C)C(=O)c1ccc2c(c1)[nH]c(=O)n2C. The summed E-state index contributed by atoms with van der Waals surface area (Å²) >= 11 is 0. The normalized spacial score (nSPS) is 11.1. The highest BCUT2D eigenvalue weighted by atomic mass is 16.5. The van der Waals surface area contributed by atoms with Crippen molar-refractivity contribution in [3.8, 4) is 0 Å². The lowest BCUT2D eigenvalue weighted by Crippen LogP contribution is -2.26. The van der Waals surface area contributed by atoms with Crippen molar-refractivity contribution < 1.29 is 9.32 Å². The topological polar surface area (TPSA) is 84.1 Å². The summed E-state index contributed by atoms with van der Waals surface area (Å²) in [6.07, 6.45) is 2.32. The van der Waals surface area contributed by atoms with Crippen molar-refractivity contribution >= 4 is 16.9 Å². The first kappa shape index (κ1) is 15.1. The fourth-order valence-electron chi connectivity index (χ4n) is 2.62. The number of aromatic nitrogens is 3. The van der Waals surface area contributed by atoms with E-state index in [1.54, 1.807) is 43.5 Å². The summed E-state index contributed by atoms with van der Waals surface area (Å²) in [6, 6.07) is 5.19. The standard InChI is InChI=1S/C16H18N4O3/c1-4-12-11(9-23-18-12)8-19(2)15(21)10-5-6-14-13(7-10)17-16(22)20(14)3/h5-7,9H,4,8H2,1-3H3,(H,17,22). The van der Waals surface area contributed by atoms with Crippen LogP contribution in [-0.4, -0.2) is 32.6 Å². The molecule has 1 N–H and O–H groups in total. The number of aromatic amines is 1. The van der Waals surface area contributed by atoms with Gasteiger partial charge in [-0.3, -0.25) is 9.36 Å². The van der Waals surface area contributed by atoms with E-state index in [4.69, 9.17) is 4.52 Å². The summed E-state index contributed by atoms with van der Waals surface area (Å²) in [7, 11) is 3.42. The number of hydrogen-bond acceptors (Lipinski definition) is 4. The van der Waals surface area contributed by atoms with Gasteiger partial charge in [0.2, 0.25) is 0 Å². The zero-order valence-electron chi connectivity index (χ0n) is 13.3. The number of amides is 1. The molecule has 0 spiro atoms. The molecular formula is C16H18N4O3. The quantitative estimate of drug-likeness (QED) is 0.794. The average Bonchev–Trinajstić information content (AvgIpc) is 3.10. The Kier molecular flexibility index (Phi) is 3.77. The molecular weight excluding hydrogens is 296 g/mol. The van der Waals surface area contributed by atoms with Gasteiger partial charge in [-0.25, -0.2) is 4.79 Å². The molecule has 7 nitrogen and oxygen atoms in total. The third kappa shape index (κ3) is 2.65. The van der Waals surface area contributed by atoms with Crippen LogP contribution < -0.4 is 5.69 Å². The van der Waals surface area contributed by atoms with Crippen molar-refractivity contribution in [1.29, 1.82) is 0 Å². The number of carbonyl (C=O) groups excluding carboxylic acids is 1. The van der Waals surface area contributed by atoms with Gasteiger partial charge in [-0.1, -0.05) is 12.1 Å². The molecule has 0 atom stereocenters. The van der Waals surface area contributed by atoms with Gasteiger partial charge >= 0.3 is 5.69 Å². The minimum absolute atomic E-state index is 0.125. The van der Waals surface area contributed by atoms with E-state index >= 15 is 0 Å². The molecule has 1 amide bonds. The number of nitrogens with zero attached hydrogens (tertiary/aromatic N) is 3. The van der Waals surface area contributed by atoms with Crippen molar-refractivity contribution in [3.05, 3.63) is 51.8 Å². The number of carbonyl (C=O) groups is 1. The lowest BCUT2D eigenvalue weighted by atomic mass is 10.1. The van der Waals surface area contributed by atoms with Gasteiger partial charge in [-0.05, 0) is 24.6 Å². The van der Waals surface area contributed by atoms with E-state index in [1.165, 1.54) is 4.57 Å². The average molecular weight is 314 g/mol. The Morgan fingerprint density at radius 2 is 2.22 bits per heavy atom. The summed E-state index contributed by atoms with van der Waals surface area (Å²) < 4.78 is 6.48. The van der Waals surface area contributed by atoms with Gasteiger partial charge in [0.15, 0.2) is 0 Å². The molecule has 0 aliphatic rings. The van der Waals surface area contributed by atoms with Crippen molar-refractivity contribution in [2.45, 2.75) is 19.9 Å². The maximum absolute atomic E-state index is 12.6. The van der Waals surface area contributed by atoms with E-state index in [0.29, 0.717) is 17.6 Å². The van der Waals surface area contributed by atoms with Crippen molar-refractivity contribution in [3.63, 3.8) is 0 Å². The van der Waals surface area contributed by atoms with Crippen LogP contribution in [0.5, 0.6) is 0 Å². The molecule has 0 aliphatic heterocycles. The predicted octanol–water partition coefficient (Wildman–Crippen LogP) is 1.69. The van der Waals surface area contributed by atoms with Crippen LogP contribution in [0.25, 0.3) is 11.0 Å². The van der Waals surface area contributed by atoms with Crippen molar-refractivity contribution in [2.24, 2.45) is 7.05 Å². The number of H-pyrrole nitrogens is 1. The number of imidazole rings is 1. The van der Waals surface area contributed by atoms with E-state index in [2.05, 4.69) is 10.1 Å². The molecule has 0 aliphatic carbocycles. The summed E-state index contributed by atoms with van der Waals surface area (Å²) in [5.74, 6) is -0.125. The number of benzene rings is 1. The molecule has 2 aromatic heterocycles. The zero-order valence-corrected chi connectivity index (χ0v) is 13.3. The van der Waals surface area contributed by atoms with Crippen LogP contribution in [0.3, 0.4) is 0 Å². The third-order valence-electron chi connectivity index (χ3n) is 3.97. The second kappa shape index (κ2) is 5.75. The fraction of sp³-hybridized carbons (Fsp3) is 0.312.